The monoisotopic (exact) mass is 407 g/mol. The predicted octanol–water partition coefficient (Wildman–Crippen LogP) is 1.49. The van der Waals surface area contributed by atoms with Crippen LogP contribution in [0.5, 0.6) is 0 Å². The minimum atomic E-state index is -0.208. The van der Waals surface area contributed by atoms with E-state index in [1.54, 1.807) is 6.33 Å². The van der Waals surface area contributed by atoms with Crippen LogP contribution in [0.2, 0.25) is 0 Å². The van der Waals surface area contributed by atoms with Gasteiger partial charge in [0.2, 0.25) is 0 Å². The van der Waals surface area contributed by atoms with E-state index >= 15 is 0 Å². The van der Waals surface area contributed by atoms with Crippen molar-refractivity contribution in [2.75, 3.05) is 6.61 Å². The molecule has 4 saturated carbocycles. The van der Waals surface area contributed by atoms with Crippen LogP contribution in [0.15, 0.2) is 30.9 Å². The summed E-state index contributed by atoms with van der Waals surface area (Å²) in [6, 6.07) is 5.60. The number of rotatable bonds is 5. The highest BCUT2D eigenvalue weighted by atomic mass is 16.3. The summed E-state index contributed by atoms with van der Waals surface area (Å²) in [6.07, 6.45) is 9.52. The third-order valence-electron chi connectivity index (χ3n) is 7.41. The van der Waals surface area contributed by atoms with Crippen molar-refractivity contribution in [1.82, 2.24) is 35.1 Å². The smallest absolute Gasteiger partial charge is 0.251 e. The van der Waals surface area contributed by atoms with Crippen LogP contribution in [-0.4, -0.2) is 52.9 Å². The van der Waals surface area contributed by atoms with Crippen LogP contribution in [0.4, 0.5) is 0 Å². The number of hydrogen-bond donors (Lipinski definition) is 2. The minimum Gasteiger partial charge on any atom is -0.395 e. The van der Waals surface area contributed by atoms with Crippen molar-refractivity contribution in [1.29, 1.82) is 0 Å². The van der Waals surface area contributed by atoms with Gasteiger partial charge >= 0.3 is 0 Å². The highest BCUT2D eigenvalue weighted by Crippen LogP contribution is 2.60. The molecule has 0 radical (unpaired) electrons. The summed E-state index contributed by atoms with van der Waals surface area (Å²) >= 11 is 0. The van der Waals surface area contributed by atoms with Crippen molar-refractivity contribution < 1.29 is 9.90 Å². The summed E-state index contributed by atoms with van der Waals surface area (Å²) in [4.78, 5) is 19.5. The molecule has 4 bridgehead atoms. The molecule has 2 heterocycles. The van der Waals surface area contributed by atoms with Crippen molar-refractivity contribution >= 4 is 16.9 Å². The number of amides is 1. The Kier molecular flexibility index (Phi) is 3.80. The number of hydrogen-bond acceptors (Lipinski definition) is 6. The van der Waals surface area contributed by atoms with Gasteiger partial charge in [0.05, 0.1) is 29.5 Å². The first-order chi connectivity index (χ1) is 14.6. The van der Waals surface area contributed by atoms with E-state index in [-0.39, 0.29) is 23.6 Å². The number of tetrazole rings is 1. The van der Waals surface area contributed by atoms with E-state index in [9.17, 15) is 9.90 Å². The predicted molar refractivity (Wildman–Crippen MR) is 107 cm³/mol. The van der Waals surface area contributed by atoms with Gasteiger partial charge in [0.25, 0.3) is 5.91 Å². The number of nitrogens with one attached hydrogen (secondary N) is 1. The molecule has 9 heteroatoms. The Labute approximate surface area is 173 Å². The molecule has 2 aromatic heterocycles. The van der Waals surface area contributed by atoms with Crippen LogP contribution in [0.1, 0.15) is 48.9 Å². The van der Waals surface area contributed by atoms with Gasteiger partial charge in [-0.1, -0.05) is 0 Å². The van der Waals surface area contributed by atoms with Gasteiger partial charge < -0.3 is 15.0 Å². The number of aliphatic hydroxyl groups is 1. The van der Waals surface area contributed by atoms with Crippen molar-refractivity contribution in [3.05, 3.63) is 36.4 Å². The standard InChI is InChI=1S/C21H25N7O2/c29-4-3-27-13-22-17-6-16(1-2-18(17)27)19(30)25-20-7-14-5-15(8-20)10-21(9-14,11-20)28-24-12-23-26-28/h1-2,6,12-15,29H,3-5,7-11H2,(H,25,30). The lowest BCUT2D eigenvalue weighted by molar-refractivity contribution is -0.0810. The van der Waals surface area contributed by atoms with Crippen LogP contribution < -0.4 is 5.32 Å². The lowest BCUT2D eigenvalue weighted by Crippen LogP contribution is -2.66. The Morgan fingerprint density at radius 1 is 1.23 bits per heavy atom. The van der Waals surface area contributed by atoms with E-state index in [2.05, 4.69) is 25.7 Å². The second-order valence-corrected chi connectivity index (χ2v) is 9.51. The minimum absolute atomic E-state index is 0.0442. The zero-order valence-electron chi connectivity index (χ0n) is 16.7. The highest BCUT2D eigenvalue weighted by Gasteiger charge is 2.60. The lowest BCUT2D eigenvalue weighted by Gasteiger charge is -2.61. The van der Waals surface area contributed by atoms with Gasteiger partial charge in [-0.05, 0) is 73.8 Å². The van der Waals surface area contributed by atoms with E-state index in [1.165, 1.54) is 12.7 Å². The number of aromatic nitrogens is 6. The second-order valence-electron chi connectivity index (χ2n) is 9.51. The molecule has 9 nitrogen and oxygen atoms in total. The van der Waals surface area contributed by atoms with Crippen molar-refractivity contribution in [3.8, 4) is 0 Å². The third kappa shape index (κ3) is 2.68. The molecule has 0 saturated heterocycles. The molecule has 4 fully saturated rings. The zero-order valence-corrected chi connectivity index (χ0v) is 16.7. The number of benzene rings is 1. The van der Waals surface area contributed by atoms with Gasteiger partial charge in [0.15, 0.2) is 6.33 Å². The molecule has 1 amide bonds. The summed E-state index contributed by atoms with van der Waals surface area (Å²) in [6.45, 7) is 0.549. The van der Waals surface area contributed by atoms with Gasteiger partial charge in [-0.25, -0.2) is 4.98 Å². The number of carbonyl (C=O) groups excluding carboxylic acids is 1. The van der Waals surface area contributed by atoms with E-state index in [1.807, 2.05) is 27.6 Å². The number of aliphatic hydroxyl groups excluding tert-OH is 1. The van der Waals surface area contributed by atoms with E-state index < -0.39 is 0 Å². The molecule has 30 heavy (non-hydrogen) atoms. The van der Waals surface area contributed by atoms with Gasteiger partial charge in [-0.15, -0.1) is 10.2 Å². The largest absolute Gasteiger partial charge is 0.395 e. The Morgan fingerprint density at radius 3 is 2.80 bits per heavy atom. The Bertz CT molecular complexity index is 1090. The number of imidazole rings is 1. The van der Waals surface area contributed by atoms with Crippen LogP contribution in [0, 0.1) is 11.8 Å². The van der Waals surface area contributed by atoms with Crippen LogP contribution in [-0.2, 0) is 12.1 Å². The second kappa shape index (κ2) is 6.34. The fourth-order valence-corrected chi connectivity index (χ4v) is 6.78. The third-order valence-corrected chi connectivity index (χ3v) is 7.41. The molecule has 4 aliphatic carbocycles. The summed E-state index contributed by atoms with van der Waals surface area (Å²) in [5, 5.41) is 25.2. The summed E-state index contributed by atoms with van der Waals surface area (Å²) < 4.78 is 1.89. The average Bonchev–Trinajstić information content (AvgIpc) is 3.37. The molecular weight excluding hydrogens is 382 g/mol. The topological polar surface area (TPSA) is 111 Å². The fourth-order valence-electron chi connectivity index (χ4n) is 6.78. The Balaban J connectivity index is 1.29. The van der Waals surface area contributed by atoms with Crippen LogP contribution >= 0.6 is 0 Å². The molecule has 1 aromatic carbocycles. The van der Waals surface area contributed by atoms with E-state index in [4.69, 9.17) is 0 Å². The Hall–Kier alpha value is -2.81. The summed E-state index contributed by atoms with van der Waals surface area (Å²) in [5.41, 5.74) is 1.98. The maximum absolute atomic E-state index is 13.3. The first-order valence-corrected chi connectivity index (χ1v) is 10.7. The zero-order chi connectivity index (χ0) is 20.3. The molecule has 3 aromatic rings. The van der Waals surface area contributed by atoms with Gasteiger partial charge in [0, 0.05) is 17.6 Å². The summed E-state index contributed by atoms with van der Waals surface area (Å²) in [5.74, 6) is 1.14. The fraction of sp³-hybridized carbons (Fsp3) is 0.571. The molecular formula is C21H25N7O2. The molecule has 0 aliphatic heterocycles. The van der Waals surface area contributed by atoms with Gasteiger partial charge in [-0.3, -0.25) is 4.79 Å². The number of fused-ring (bicyclic) bond motifs is 1. The SMILES string of the molecule is O=C(NC12CC3CC(C1)CC(n1ncnn1)(C3)C2)c1ccc2c(c1)ncn2CCO. The maximum Gasteiger partial charge on any atom is 0.251 e. The summed E-state index contributed by atoms with van der Waals surface area (Å²) in [7, 11) is 0. The number of nitrogens with zero attached hydrogens (tertiary/aromatic N) is 6. The van der Waals surface area contributed by atoms with Crippen molar-refractivity contribution in [2.24, 2.45) is 11.8 Å². The van der Waals surface area contributed by atoms with Crippen molar-refractivity contribution in [2.45, 2.75) is 56.1 Å². The molecule has 2 unspecified atom stereocenters. The molecule has 0 spiro atoms. The Morgan fingerprint density at radius 2 is 2.07 bits per heavy atom. The van der Waals surface area contributed by atoms with Gasteiger partial charge in [-0.2, -0.15) is 4.80 Å². The van der Waals surface area contributed by atoms with E-state index in [0.717, 1.165) is 43.1 Å². The molecule has 2 atom stereocenters. The lowest BCUT2D eigenvalue weighted by atomic mass is 9.50. The molecule has 7 rings (SSSR count). The normalized spacial score (nSPS) is 32.0. The van der Waals surface area contributed by atoms with Crippen molar-refractivity contribution in [3.63, 3.8) is 0 Å². The molecule has 2 N–H and O–H groups in total. The quantitative estimate of drug-likeness (QED) is 0.663. The first kappa shape index (κ1) is 18.0. The highest BCUT2D eigenvalue weighted by molar-refractivity contribution is 5.97. The van der Waals surface area contributed by atoms with Crippen LogP contribution in [0.3, 0.4) is 0 Å². The van der Waals surface area contributed by atoms with Gasteiger partial charge in [0.1, 0.15) is 0 Å². The maximum atomic E-state index is 13.3. The number of carbonyl (C=O) groups is 1. The molecule has 4 aliphatic rings. The van der Waals surface area contributed by atoms with E-state index in [0.29, 0.717) is 23.9 Å². The first-order valence-electron chi connectivity index (χ1n) is 10.7. The average molecular weight is 407 g/mol. The van der Waals surface area contributed by atoms with Crippen LogP contribution in [0.25, 0.3) is 11.0 Å². The molecule has 156 valence electrons.